The van der Waals surface area contributed by atoms with E-state index in [9.17, 15) is 27.6 Å². The number of hydrogen-bond donors (Lipinski definition) is 0. The van der Waals surface area contributed by atoms with Gasteiger partial charge < -0.3 is 4.90 Å². The lowest BCUT2D eigenvalue weighted by Crippen LogP contribution is -2.72. The minimum absolute atomic E-state index is 0.175. The van der Waals surface area contributed by atoms with Gasteiger partial charge in [-0.2, -0.15) is 13.2 Å². The fraction of sp³-hybridized carbons (Fsp3) is 0.423. The van der Waals surface area contributed by atoms with Crippen LogP contribution in [0.25, 0.3) is 0 Å². The number of anilines is 1. The zero-order valence-electron chi connectivity index (χ0n) is 19.5. The minimum atomic E-state index is -4.55. The number of piperidine rings is 1. The molecule has 2 fully saturated rings. The van der Waals surface area contributed by atoms with Crippen LogP contribution in [0.1, 0.15) is 29.5 Å². The highest BCUT2D eigenvalue weighted by atomic mass is 19.4. The van der Waals surface area contributed by atoms with Crippen molar-refractivity contribution in [1.29, 1.82) is 0 Å². The van der Waals surface area contributed by atoms with Crippen LogP contribution in [0.15, 0.2) is 48.5 Å². The second kappa shape index (κ2) is 8.10. The molecule has 0 radical (unpaired) electrons. The normalized spacial score (nSPS) is 24.0. The Morgan fingerprint density at radius 1 is 0.971 bits per heavy atom. The first-order valence-electron chi connectivity index (χ1n) is 11.6. The van der Waals surface area contributed by atoms with E-state index in [1.165, 1.54) is 20.2 Å². The maximum Gasteiger partial charge on any atom is 0.416 e. The zero-order valence-corrected chi connectivity index (χ0v) is 19.5. The molecule has 3 heterocycles. The number of halogens is 3. The van der Waals surface area contributed by atoms with E-state index < -0.39 is 41.0 Å². The van der Waals surface area contributed by atoms with Crippen LogP contribution in [0.3, 0.4) is 0 Å². The summed E-state index contributed by atoms with van der Waals surface area (Å²) in [5.74, 6) is -1.12. The van der Waals surface area contributed by atoms with Crippen molar-refractivity contribution in [2.75, 3.05) is 25.5 Å². The van der Waals surface area contributed by atoms with Gasteiger partial charge in [-0.1, -0.05) is 30.3 Å². The van der Waals surface area contributed by atoms with Gasteiger partial charge in [0.1, 0.15) is 0 Å². The van der Waals surface area contributed by atoms with Crippen LogP contribution in [-0.2, 0) is 28.6 Å². The number of benzene rings is 2. The number of nitrogens with zero attached hydrogens (tertiary/aromatic N) is 3. The molecule has 2 aromatic carbocycles. The lowest BCUT2D eigenvalue weighted by atomic mass is 9.64. The van der Waals surface area contributed by atoms with Gasteiger partial charge in [-0.15, -0.1) is 0 Å². The maximum atomic E-state index is 13.7. The minimum Gasteiger partial charge on any atom is -0.367 e. The summed E-state index contributed by atoms with van der Waals surface area (Å²) in [5.41, 5.74) is -0.414. The fourth-order valence-electron chi connectivity index (χ4n) is 6.05. The van der Waals surface area contributed by atoms with Crippen LogP contribution >= 0.6 is 0 Å². The van der Waals surface area contributed by atoms with Crippen molar-refractivity contribution in [3.8, 4) is 0 Å². The number of rotatable bonds is 2. The Balaban J connectivity index is 1.61. The van der Waals surface area contributed by atoms with E-state index in [0.717, 1.165) is 40.3 Å². The summed E-state index contributed by atoms with van der Waals surface area (Å²) < 4.78 is 40.5. The Labute approximate surface area is 201 Å². The monoisotopic (exact) mass is 485 g/mol. The van der Waals surface area contributed by atoms with Crippen LogP contribution < -0.4 is 4.90 Å². The number of carbonyl (C=O) groups excluding carboxylic acids is 3. The molecule has 1 spiro atoms. The number of alkyl halides is 3. The van der Waals surface area contributed by atoms with Crippen molar-refractivity contribution in [1.82, 2.24) is 9.80 Å². The Kier molecular flexibility index (Phi) is 5.41. The molecule has 4 amide bonds. The van der Waals surface area contributed by atoms with Gasteiger partial charge in [0, 0.05) is 26.3 Å². The number of imide groups is 2. The van der Waals surface area contributed by atoms with E-state index in [-0.39, 0.29) is 12.3 Å². The average molecular weight is 486 g/mol. The third-order valence-corrected chi connectivity index (χ3v) is 7.78. The molecule has 0 aliphatic carbocycles. The number of urea groups is 1. The van der Waals surface area contributed by atoms with Crippen molar-refractivity contribution in [3.63, 3.8) is 0 Å². The summed E-state index contributed by atoms with van der Waals surface area (Å²) in [7, 11) is 2.65. The van der Waals surface area contributed by atoms with Crippen LogP contribution in [-0.4, -0.2) is 54.3 Å². The topological polar surface area (TPSA) is 60.9 Å². The highest BCUT2D eigenvalue weighted by Crippen LogP contribution is 2.50. The van der Waals surface area contributed by atoms with Crippen molar-refractivity contribution in [2.24, 2.45) is 11.3 Å². The SMILES string of the molecule is CN1C(=O)N(C)C(=O)C2(Cc3cc(C(F)(F)F)ccc3N3CC[C@@H](Cc4ccccc4)C[C@H]32)C1=O. The summed E-state index contributed by atoms with van der Waals surface area (Å²) in [6.07, 6.45) is -2.66. The van der Waals surface area contributed by atoms with Gasteiger partial charge in [-0.3, -0.25) is 19.4 Å². The molecule has 5 rings (SSSR count). The summed E-state index contributed by atoms with van der Waals surface area (Å²) in [6.45, 7) is 0.504. The van der Waals surface area contributed by atoms with Crippen molar-refractivity contribution in [3.05, 3.63) is 65.2 Å². The Morgan fingerprint density at radius 3 is 2.26 bits per heavy atom. The van der Waals surface area contributed by atoms with Gasteiger partial charge in [0.25, 0.3) is 0 Å². The molecule has 184 valence electrons. The molecule has 0 unspecified atom stereocenters. The highest BCUT2D eigenvalue weighted by molar-refractivity contribution is 6.20. The van der Waals surface area contributed by atoms with Gasteiger partial charge in [0.15, 0.2) is 5.41 Å². The van der Waals surface area contributed by atoms with Crippen molar-refractivity contribution < 1.29 is 27.6 Å². The van der Waals surface area contributed by atoms with Crippen LogP contribution in [0.4, 0.5) is 23.7 Å². The molecule has 35 heavy (non-hydrogen) atoms. The number of amides is 4. The second-order valence-corrected chi connectivity index (χ2v) is 9.79. The molecule has 3 aliphatic rings. The van der Waals surface area contributed by atoms with Crippen LogP contribution in [0.5, 0.6) is 0 Å². The van der Waals surface area contributed by atoms with Crippen LogP contribution in [0.2, 0.25) is 0 Å². The molecule has 2 atom stereocenters. The van der Waals surface area contributed by atoms with Gasteiger partial charge in [-0.05, 0) is 60.9 Å². The smallest absolute Gasteiger partial charge is 0.367 e. The number of carbonyl (C=O) groups is 3. The second-order valence-electron chi connectivity index (χ2n) is 9.79. The lowest BCUT2D eigenvalue weighted by Gasteiger charge is -2.55. The molecule has 3 aliphatic heterocycles. The Morgan fingerprint density at radius 2 is 1.63 bits per heavy atom. The summed E-state index contributed by atoms with van der Waals surface area (Å²) in [6, 6.07) is 12.2. The summed E-state index contributed by atoms with van der Waals surface area (Å²) in [4.78, 5) is 43.7. The quantitative estimate of drug-likeness (QED) is 0.601. The molecule has 2 aromatic rings. The van der Waals surface area contributed by atoms with Crippen molar-refractivity contribution in [2.45, 2.75) is 37.9 Å². The molecular formula is C26H26F3N3O3. The molecular weight excluding hydrogens is 459 g/mol. The third-order valence-electron chi connectivity index (χ3n) is 7.78. The Bertz CT molecular complexity index is 1170. The number of hydrogen-bond acceptors (Lipinski definition) is 4. The summed E-state index contributed by atoms with van der Waals surface area (Å²) in [5, 5.41) is 0. The Hall–Kier alpha value is -3.36. The van der Waals surface area contributed by atoms with Gasteiger partial charge in [0.05, 0.1) is 11.6 Å². The van der Waals surface area contributed by atoms with Gasteiger partial charge in [-0.25, -0.2) is 4.79 Å². The van der Waals surface area contributed by atoms with Crippen molar-refractivity contribution >= 4 is 23.5 Å². The first kappa shape index (κ1) is 23.4. The van der Waals surface area contributed by atoms with E-state index in [1.54, 1.807) is 0 Å². The molecule has 0 saturated carbocycles. The zero-order chi connectivity index (χ0) is 25.1. The predicted octanol–water partition coefficient (Wildman–Crippen LogP) is 4.13. The molecule has 0 aromatic heterocycles. The van der Waals surface area contributed by atoms with E-state index in [1.807, 2.05) is 35.2 Å². The molecule has 0 bridgehead atoms. The predicted molar refractivity (Wildman–Crippen MR) is 123 cm³/mol. The standard InChI is InChI=1S/C26H26F3N3O3/c1-30-22(33)25(23(34)31(2)24(30)35)15-18-14-19(26(27,28)29)8-9-20(18)32-11-10-17(13-21(25)32)12-16-6-4-3-5-7-16/h3-9,14,17,21H,10-13,15H2,1-2H3/t17-,21-/m0/s1. The van der Waals surface area contributed by atoms with E-state index in [0.29, 0.717) is 24.2 Å². The van der Waals surface area contributed by atoms with E-state index in [2.05, 4.69) is 0 Å². The van der Waals surface area contributed by atoms with E-state index >= 15 is 0 Å². The number of barbiturate groups is 1. The lowest BCUT2D eigenvalue weighted by molar-refractivity contribution is -0.160. The molecule has 0 N–H and O–H groups in total. The van der Waals surface area contributed by atoms with Gasteiger partial charge in [0.2, 0.25) is 11.8 Å². The molecule has 6 nitrogen and oxygen atoms in total. The fourth-order valence-corrected chi connectivity index (χ4v) is 6.05. The highest BCUT2D eigenvalue weighted by Gasteiger charge is 2.63. The van der Waals surface area contributed by atoms with Gasteiger partial charge >= 0.3 is 12.2 Å². The number of fused-ring (bicyclic) bond motifs is 4. The first-order chi connectivity index (χ1) is 16.5. The summed E-state index contributed by atoms with van der Waals surface area (Å²) >= 11 is 0. The molecule has 2 saturated heterocycles. The maximum absolute atomic E-state index is 13.7. The average Bonchev–Trinajstić information content (AvgIpc) is 2.84. The van der Waals surface area contributed by atoms with Crippen LogP contribution in [0, 0.1) is 11.3 Å². The first-order valence-corrected chi connectivity index (χ1v) is 11.6. The third kappa shape index (κ3) is 3.59. The molecule has 9 heteroatoms. The van der Waals surface area contributed by atoms with E-state index in [4.69, 9.17) is 0 Å². The largest absolute Gasteiger partial charge is 0.416 e.